The van der Waals surface area contributed by atoms with Gasteiger partial charge in [0, 0.05) is 16.2 Å². The van der Waals surface area contributed by atoms with E-state index in [1.807, 2.05) is 0 Å². The first kappa shape index (κ1) is 15.3. The van der Waals surface area contributed by atoms with Gasteiger partial charge in [0.25, 0.3) is 0 Å². The molecule has 0 heterocycles. The summed E-state index contributed by atoms with van der Waals surface area (Å²) < 4.78 is 0. The van der Waals surface area contributed by atoms with Crippen LogP contribution in [0.5, 0.6) is 0 Å². The highest BCUT2D eigenvalue weighted by molar-refractivity contribution is 6.85. The van der Waals surface area contributed by atoms with Crippen molar-refractivity contribution in [2.45, 2.75) is 26.1 Å². The average molecular weight is 232 g/mol. The van der Waals surface area contributed by atoms with Crippen LogP contribution in [0.3, 0.4) is 0 Å². The quantitative estimate of drug-likeness (QED) is 0.353. The zero-order valence-electron chi connectivity index (χ0n) is 8.21. The molecule has 63 valence electrons. The van der Waals surface area contributed by atoms with E-state index in [0.29, 0.717) is 0 Å². The minimum absolute atomic E-state index is 0. The SMILES string of the molecule is CC[Si](C)(C)C#CC([Si])=C=C=[Si].[Si]. The van der Waals surface area contributed by atoms with Crippen LogP contribution in [0, 0.1) is 11.5 Å². The van der Waals surface area contributed by atoms with Gasteiger partial charge in [0.15, 0.2) is 0 Å². The molecule has 0 aromatic carbocycles. The van der Waals surface area contributed by atoms with E-state index in [4.69, 9.17) is 0 Å². The summed E-state index contributed by atoms with van der Waals surface area (Å²) in [4.78, 5) is 0. The van der Waals surface area contributed by atoms with Gasteiger partial charge in [-0.05, 0) is 6.04 Å². The second-order valence-electron chi connectivity index (χ2n) is 3.11. The minimum Gasteiger partial charge on any atom is -0.127 e. The summed E-state index contributed by atoms with van der Waals surface area (Å²) in [6, 6.07) is 1.18. The van der Waals surface area contributed by atoms with Crippen LogP contribution in [0.15, 0.2) is 10.9 Å². The Balaban J connectivity index is 0. The van der Waals surface area contributed by atoms with E-state index < -0.39 is 8.07 Å². The van der Waals surface area contributed by atoms with Crippen molar-refractivity contribution >= 4 is 44.5 Å². The maximum atomic E-state index is 3.33. The third-order valence-corrected chi connectivity index (χ3v) is 4.54. The van der Waals surface area contributed by atoms with Crippen LogP contribution in [0.25, 0.3) is 0 Å². The van der Waals surface area contributed by atoms with E-state index in [1.165, 1.54) is 6.04 Å². The molecular weight excluding hydrogens is 220 g/mol. The fraction of sp³-hybridized carbons (Fsp3) is 0.444. The van der Waals surface area contributed by atoms with E-state index in [9.17, 15) is 0 Å². The molecule has 0 saturated carbocycles. The first-order valence-electron chi connectivity index (χ1n) is 3.81. The molecule has 0 amide bonds. The predicted octanol–water partition coefficient (Wildman–Crippen LogP) is 0.654. The van der Waals surface area contributed by atoms with Crippen molar-refractivity contribution in [3.63, 3.8) is 0 Å². The average Bonchev–Trinajstić information content (AvgIpc) is 2.02. The van der Waals surface area contributed by atoms with Crippen molar-refractivity contribution in [2.75, 3.05) is 0 Å². The largest absolute Gasteiger partial charge is 0.132 e. The lowest BCUT2D eigenvalue weighted by Crippen LogP contribution is -2.21. The monoisotopic (exact) mass is 231 g/mol. The summed E-state index contributed by atoms with van der Waals surface area (Å²) in [5, 5.41) is 3.35. The highest BCUT2D eigenvalue weighted by atomic mass is 28.3. The summed E-state index contributed by atoms with van der Waals surface area (Å²) in [7, 11) is 5.13. The molecule has 0 rings (SSSR count). The van der Waals surface area contributed by atoms with Crippen LogP contribution in [0.4, 0.5) is 0 Å². The van der Waals surface area contributed by atoms with Gasteiger partial charge in [0.2, 0.25) is 0 Å². The molecule has 0 aliphatic carbocycles. The van der Waals surface area contributed by atoms with E-state index in [0.717, 1.165) is 5.20 Å². The lowest BCUT2D eigenvalue weighted by atomic mass is 10.6. The van der Waals surface area contributed by atoms with Gasteiger partial charge >= 0.3 is 0 Å². The first-order chi connectivity index (χ1) is 5.52. The fourth-order valence-corrected chi connectivity index (χ4v) is 1.55. The normalized spacial score (nSPS) is 8.31. The summed E-state index contributed by atoms with van der Waals surface area (Å²) >= 11 is 0. The summed E-state index contributed by atoms with van der Waals surface area (Å²) in [5.74, 6) is 3.01. The molecule has 0 bridgehead atoms. The Morgan fingerprint density at radius 3 is 2.31 bits per heavy atom. The highest BCUT2D eigenvalue weighted by Gasteiger charge is 2.13. The van der Waals surface area contributed by atoms with Gasteiger partial charge in [-0.3, -0.25) is 0 Å². The Labute approximate surface area is 93.0 Å². The lowest BCUT2D eigenvalue weighted by molar-refractivity contribution is 1.38. The Bertz CT molecular complexity index is 293. The number of hydrogen-bond acceptors (Lipinski definition) is 0. The molecule has 13 heavy (non-hydrogen) atoms. The van der Waals surface area contributed by atoms with Gasteiger partial charge in [-0.15, -0.1) is 10.9 Å². The van der Waals surface area contributed by atoms with Crippen LogP contribution in [-0.4, -0.2) is 44.5 Å². The van der Waals surface area contributed by atoms with E-state index in [-0.39, 0.29) is 11.0 Å². The highest BCUT2D eigenvalue weighted by Crippen LogP contribution is 2.05. The molecule has 0 aromatic rings. The third-order valence-electron chi connectivity index (χ3n) is 1.60. The van der Waals surface area contributed by atoms with Crippen molar-refractivity contribution in [3.05, 3.63) is 10.9 Å². The lowest BCUT2D eigenvalue weighted by Gasteiger charge is -2.09. The Kier molecular flexibility index (Phi) is 8.59. The number of rotatable bonds is 1. The van der Waals surface area contributed by atoms with Gasteiger partial charge in [0.05, 0.1) is 10.2 Å². The molecule has 0 aliphatic rings. The third kappa shape index (κ3) is 8.19. The zero-order chi connectivity index (χ0) is 9.61. The Morgan fingerprint density at radius 2 is 1.92 bits per heavy atom. The second kappa shape index (κ2) is 7.28. The molecule has 0 spiro atoms. The molecule has 0 saturated heterocycles. The number of allylic oxidation sites excluding steroid dienone is 1. The van der Waals surface area contributed by atoms with Gasteiger partial charge in [-0.1, -0.05) is 31.7 Å². The van der Waals surface area contributed by atoms with Crippen LogP contribution < -0.4 is 0 Å². The molecule has 0 atom stereocenters. The zero-order valence-corrected chi connectivity index (χ0v) is 12.2. The summed E-state index contributed by atoms with van der Waals surface area (Å²) in [6.45, 7) is 6.69. The molecule has 0 nitrogen and oxygen atoms in total. The van der Waals surface area contributed by atoms with Crippen molar-refractivity contribution in [1.29, 1.82) is 0 Å². The fourth-order valence-electron chi connectivity index (χ4n) is 0.414. The van der Waals surface area contributed by atoms with E-state index >= 15 is 0 Å². The number of hydrogen-bond donors (Lipinski definition) is 0. The van der Waals surface area contributed by atoms with Crippen LogP contribution in [0.2, 0.25) is 19.1 Å². The smallest absolute Gasteiger partial charge is 0.127 e. The van der Waals surface area contributed by atoms with Crippen molar-refractivity contribution in [2.24, 2.45) is 0 Å². The second-order valence-corrected chi connectivity index (χ2v) is 8.59. The van der Waals surface area contributed by atoms with Gasteiger partial charge < -0.3 is 0 Å². The maximum absolute atomic E-state index is 3.33. The molecule has 0 aromatic heterocycles. The van der Waals surface area contributed by atoms with Gasteiger partial charge in [-0.2, -0.15) is 0 Å². The maximum Gasteiger partial charge on any atom is 0.132 e. The Hall–Kier alpha value is -0.142. The first-order valence-corrected chi connectivity index (χ1v) is 8.02. The molecule has 0 fully saturated rings. The topological polar surface area (TPSA) is 0 Å². The van der Waals surface area contributed by atoms with E-state index in [2.05, 4.69) is 62.6 Å². The van der Waals surface area contributed by atoms with Gasteiger partial charge in [0.1, 0.15) is 17.9 Å². The predicted molar refractivity (Wildman–Crippen MR) is 65.0 cm³/mol. The Morgan fingerprint density at radius 1 is 1.38 bits per heavy atom. The summed E-state index contributed by atoms with van der Waals surface area (Å²) in [6.07, 6.45) is 0. The van der Waals surface area contributed by atoms with Crippen LogP contribution in [-0.2, 0) is 0 Å². The van der Waals surface area contributed by atoms with Crippen molar-refractivity contribution < 1.29 is 0 Å². The van der Waals surface area contributed by atoms with Crippen molar-refractivity contribution in [3.8, 4) is 11.5 Å². The molecule has 0 N–H and O–H groups in total. The molecule has 4 heteroatoms. The molecule has 0 unspecified atom stereocenters. The van der Waals surface area contributed by atoms with E-state index in [1.54, 1.807) is 0 Å². The van der Waals surface area contributed by atoms with Crippen LogP contribution >= 0.6 is 0 Å². The summed E-state index contributed by atoms with van der Waals surface area (Å²) in [5.41, 5.74) is 6.06. The molecule has 0 aliphatic heterocycles. The standard InChI is InChI=1S/C9H11Si3.Si/c1-4-12(2,3)8-6-9(11)5-7-10;/h4H2,1-3H3;. The molecule has 9 radical (unpaired) electrons. The molecular formula is C9H11Si4. The van der Waals surface area contributed by atoms with Gasteiger partial charge in [-0.25, -0.2) is 0 Å². The minimum atomic E-state index is -1.27. The van der Waals surface area contributed by atoms with Crippen LogP contribution in [0.1, 0.15) is 6.92 Å². The van der Waals surface area contributed by atoms with Crippen molar-refractivity contribution in [1.82, 2.24) is 0 Å².